The summed E-state index contributed by atoms with van der Waals surface area (Å²) < 4.78 is 4.51. The van der Waals surface area contributed by atoms with Crippen LogP contribution in [0.5, 0.6) is 0 Å². The lowest BCUT2D eigenvalue weighted by Gasteiger charge is -2.23. The first kappa shape index (κ1) is 8.04. The lowest BCUT2D eigenvalue weighted by Crippen LogP contribution is -2.25. The van der Waals surface area contributed by atoms with Gasteiger partial charge in [0.05, 0.1) is 6.61 Å². The molecule has 0 unspecified atom stereocenters. The molecule has 1 fully saturated rings. The van der Waals surface area contributed by atoms with E-state index in [1.165, 1.54) is 0 Å². The quantitative estimate of drug-likeness (QED) is 0.646. The molecule has 62 valence electrons. The highest BCUT2D eigenvalue weighted by atomic mass is 16.5. The van der Waals surface area contributed by atoms with E-state index >= 15 is 0 Å². The van der Waals surface area contributed by atoms with E-state index in [0.717, 1.165) is 6.42 Å². The summed E-state index contributed by atoms with van der Waals surface area (Å²) in [5.74, 6) is 0.718. The molecule has 0 aromatic carbocycles. The summed E-state index contributed by atoms with van der Waals surface area (Å²) in [6.07, 6.45) is 1.30. The van der Waals surface area contributed by atoms with Gasteiger partial charge in [0.15, 0.2) is 0 Å². The number of hydrogen-bond donors (Lipinski definition) is 1. The fourth-order valence-electron chi connectivity index (χ4n) is 1.11. The van der Waals surface area contributed by atoms with E-state index < -0.39 is 6.09 Å². The van der Waals surface area contributed by atoms with E-state index in [0.29, 0.717) is 31.1 Å². The van der Waals surface area contributed by atoms with Crippen LogP contribution in [0.1, 0.15) is 19.3 Å². The first-order chi connectivity index (χ1) is 5.18. The molecule has 4 heteroatoms. The molecule has 0 bridgehead atoms. The monoisotopic (exact) mass is 157 g/mol. The number of ketones is 1. The Morgan fingerprint density at radius 2 is 2.27 bits per heavy atom. The maximum absolute atomic E-state index is 10.5. The molecule has 1 saturated carbocycles. The first-order valence-electron chi connectivity index (χ1n) is 3.62. The maximum atomic E-state index is 10.5. The van der Waals surface area contributed by atoms with E-state index in [4.69, 9.17) is 5.73 Å². The number of rotatable bonds is 3. The standard InChI is InChI=1S/C7H11NO3/c8-7(10)11-2-1-5-3-6(9)4-5/h5H,1-4H2,(H2,8,10). The summed E-state index contributed by atoms with van der Waals surface area (Å²) in [6.45, 7) is 0.341. The van der Waals surface area contributed by atoms with Gasteiger partial charge in [0, 0.05) is 12.8 Å². The van der Waals surface area contributed by atoms with Crippen LogP contribution in [0.4, 0.5) is 4.79 Å². The minimum Gasteiger partial charge on any atom is -0.450 e. The Balaban J connectivity index is 1.96. The molecular formula is C7H11NO3. The third-order valence-electron chi connectivity index (χ3n) is 1.80. The number of ether oxygens (including phenoxy) is 1. The van der Waals surface area contributed by atoms with Gasteiger partial charge in [0.1, 0.15) is 5.78 Å². The van der Waals surface area contributed by atoms with Gasteiger partial charge in [-0.1, -0.05) is 0 Å². The molecule has 1 amide bonds. The number of amides is 1. The van der Waals surface area contributed by atoms with Gasteiger partial charge in [-0.15, -0.1) is 0 Å². The number of primary amides is 1. The van der Waals surface area contributed by atoms with E-state index in [-0.39, 0.29) is 0 Å². The molecule has 0 heterocycles. The Labute approximate surface area is 64.7 Å². The number of nitrogens with two attached hydrogens (primary N) is 1. The van der Waals surface area contributed by atoms with Gasteiger partial charge in [-0.05, 0) is 12.3 Å². The fourth-order valence-corrected chi connectivity index (χ4v) is 1.11. The van der Waals surface area contributed by atoms with Crippen LogP contribution in [0.2, 0.25) is 0 Å². The highest BCUT2D eigenvalue weighted by Gasteiger charge is 2.25. The molecule has 0 atom stereocenters. The van der Waals surface area contributed by atoms with E-state index in [1.807, 2.05) is 0 Å². The predicted octanol–water partition coefficient (Wildman–Crippen LogP) is 0.451. The van der Waals surface area contributed by atoms with Crippen LogP contribution >= 0.6 is 0 Å². The van der Waals surface area contributed by atoms with Crippen molar-refractivity contribution in [3.05, 3.63) is 0 Å². The summed E-state index contributed by atoms with van der Waals surface area (Å²) in [5.41, 5.74) is 4.74. The molecule has 2 N–H and O–H groups in total. The maximum Gasteiger partial charge on any atom is 0.404 e. The molecule has 0 aromatic rings. The summed E-state index contributed by atoms with van der Waals surface area (Å²) in [7, 11) is 0. The van der Waals surface area contributed by atoms with E-state index in [9.17, 15) is 9.59 Å². The molecule has 0 aromatic heterocycles. The smallest absolute Gasteiger partial charge is 0.404 e. The zero-order valence-electron chi connectivity index (χ0n) is 6.21. The molecule has 1 aliphatic rings. The Kier molecular flexibility index (Phi) is 2.46. The first-order valence-corrected chi connectivity index (χ1v) is 3.62. The topological polar surface area (TPSA) is 69.4 Å². The molecule has 11 heavy (non-hydrogen) atoms. The van der Waals surface area contributed by atoms with Crippen LogP contribution in [0, 0.1) is 5.92 Å². The second-order valence-electron chi connectivity index (χ2n) is 2.77. The Morgan fingerprint density at radius 1 is 1.64 bits per heavy atom. The Morgan fingerprint density at radius 3 is 2.73 bits per heavy atom. The summed E-state index contributed by atoms with van der Waals surface area (Å²) in [4.78, 5) is 20.6. The summed E-state index contributed by atoms with van der Waals surface area (Å²) in [6, 6.07) is 0. The number of carbonyl (C=O) groups is 2. The fraction of sp³-hybridized carbons (Fsp3) is 0.714. The lowest BCUT2D eigenvalue weighted by molar-refractivity contribution is -0.127. The average molecular weight is 157 g/mol. The molecule has 0 radical (unpaired) electrons. The molecule has 1 rings (SSSR count). The van der Waals surface area contributed by atoms with Crippen LogP contribution in [0.15, 0.2) is 0 Å². The second kappa shape index (κ2) is 3.37. The van der Waals surface area contributed by atoms with Crippen LogP contribution < -0.4 is 5.73 Å². The molecule has 1 aliphatic carbocycles. The lowest BCUT2D eigenvalue weighted by atomic mass is 9.82. The van der Waals surface area contributed by atoms with Crippen molar-refractivity contribution in [1.29, 1.82) is 0 Å². The van der Waals surface area contributed by atoms with Crippen molar-refractivity contribution in [3.63, 3.8) is 0 Å². The van der Waals surface area contributed by atoms with Crippen LogP contribution in [-0.4, -0.2) is 18.5 Å². The van der Waals surface area contributed by atoms with Crippen LogP contribution in [0.25, 0.3) is 0 Å². The largest absolute Gasteiger partial charge is 0.450 e. The van der Waals surface area contributed by atoms with Gasteiger partial charge in [-0.2, -0.15) is 0 Å². The van der Waals surface area contributed by atoms with Crippen molar-refractivity contribution in [3.8, 4) is 0 Å². The number of carbonyl (C=O) groups excluding carboxylic acids is 2. The SMILES string of the molecule is NC(=O)OCCC1CC(=O)C1. The van der Waals surface area contributed by atoms with Gasteiger partial charge in [-0.25, -0.2) is 4.79 Å². The zero-order valence-corrected chi connectivity index (χ0v) is 6.21. The van der Waals surface area contributed by atoms with Crippen molar-refractivity contribution in [2.75, 3.05) is 6.61 Å². The van der Waals surface area contributed by atoms with Gasteiger partial charge < -0.3 is 10.5 Å². The third kappa shape index (κ3) is 2.57. The van der Waals surface area contributed by atoms with Crippen molar-refractivity contribution < 1.29 is 14.3 Å². The molecule has 4 nitrogen and oxygen atoms in total. The highest BCUT2D eigenvalue weighted by molar-refractivity contribution is 5.84. The second-order valence-corrected chi connectivity index (χ2v) is 2.77. The normalized spacial score (nSPS) is 17.6. The van der Waals surface area contributed by atoms with Crippen molar-refractivity contribution in [2.45, 2.75) is 19.3 Å². The third-order valence-corrected chi connectivity index (χ3v) is 1.80. The minimum atomic E-state index is -0.740. The number of Topliss-reactive ketones (excluding diaryl/α,β-unsaturated/α-hetero) is 1. The molecule has 0 spiro atoms. The van der Waals surface area contributed by atoms with Crippen LogP contribution in [0.3, 0.4) is 0 Å². The van der Waals surface area contributed by atoms with E-state index in [2.05, 4.69) is 4.74 Å². The molecule has 0 aliphatic heterocycles. The number of hydrogen-bond acceptors (Lipinski definition) is 3. The van der Waals surface area contributed by atoms with Gasteiger partial charge >= 0.3 is 6.09 Å². The average Bonchev–Trinajstić information content (AvgIpc) is 1.83. The Hall–Kier alpha value is -1.06. The highest BCUT2D eigenvalue weighted by Crippen LogP contribution is 2.25. The van der Waals surface area contributed by atoms with Crippen molar-refractivity contribution in [2.24, 2.45) is 11.7 Å². The molecular weight excluding hydrogens is 146 g/mol. The molecule has 0 saturated heterocycles. The zero-order chi connectivity index (χ0) is 8.27. The van der Waals surface area contributed by atoms with Gasteiger partial charge in [0.25, 0.3) is 0 Å². The minimum absolute atomic E-state index is 0.300. The van der Waals surface area contributed by atoms with Crippen molar-refractivity contribution in [1.82, 2.24) is 0 Å². The van der Waals surface area contributed by atoms with Gasteiger partial charge in [-0.3, -0.25) is 4.79 Å². The summed E-state index contributed by atoms with van der Waals surface area (Å²) >= 11 is 0. The van der Waals surface area contributed by atoms with Gasteiger partial charge in [0.2, 0.25) is 0 Å². The van der Waals surface area contributed by atoms with Crippen molar-refractivity contribution >= 4 is 11.9 Å². The summed E-state index contributed by atoms with van der Waals surface area (Å²) in [5, 5.41) is 0. The van der Waals surface area contributed by atoms with E-state index in [1.54, 1.807) is 0 Å². The Bertz CT molecular complexity index is 171. The van der Waals surface area contributed by atoms with Crippen LogP contribution in [-0.2, 0) is 9.53 Å². The predicted molar refractivity (Wildman–Crippen MR) is 37.9 cm³/mol.